The molecule has 3 heteroatoms. The van der Waals surface area contributed by atoms with E-state index in [2.05, 4.69) is 11.8 Å². The Hall–Kier alpha value is -1.53. The Morgan fingerprint density at radius 2 is 2.11 bits per heavy atom. The van der Waals surface area contributed by atoms with Crippen LogP contribution in [0.15, 0.2) is 18.2 Å². The first-order valence-corrected chi connectivity index (χ1v) is 6.81. The fraction of sp³-hybridized carbons (Fsp3) is 0.500. The van der Waals surface area contributed by atoms with Gasteiger partial charge in [-0.15, -0.1) is 0 Å². The summed E-state index contributed by atoms with van der Waals surface area (Å²) in [5, 5.41) is 8.71. The van der Waals surface area contributed by atoms with E-state index in [0.29, 0.717) is 30.3 Å². The molecule has 0 amide bonds. The van der Waals surface area contributed by atoms with Crippen molar-refractivity contribution in [3.8, 4) is 17.6 Å². The zero-order valence-electron chi connectivity index (χ0n) is 11.0. The Bertz CT molecular complexity index is 467. The Kier molecular flexibility index (Phi) is 5.23. The summed E-state index contributed by atoms with van der Waals surface area (Å²) in [7, 11) is 0. The van der Waals surface area contributed by atoms with Gasteiger partial charge in [-0.05, 0) is 37.0 Å². The summed E-state index contributed by atoms with van der Waals surface area (Å²) in [5.41, 5.74) is 0.562. The maximum Gasteiger partial charge on any atom is 0.135 e. The third-order valence-electron chi connectivity index (χ3n) is 3.35. The number of benzene rings is 1. The minimum Gasteiger partial charge on any atom is -0.492 e. The first-order chi connectivity index (χ1) is 9.29. The highest BCUT2D eigenvalue weighted by Crippen LogP contribution is 2.26. The molecule has 0 unspecified atom stereocenters. The molecule has 2 rings (SSSR count). The molecule has 2 nitrogen and oxygen atoms in total. The molecule has 1 saturated carbocycles. The van der Waals surface area contributed by atoms with Crippen LogP contribution in [-0.2, 0) is 0 Å². The van der Waals surface area contributed by atoms with Gasteiger partial charge in [-0.3, -0.25) is 0 Å². The maximum atomic E-state index is 13.2. The molecule has 1 aromatic carbocycles. The van der Waals surface area contributed by atoms with E-state index >= 15 is 0 Å². The minimum absolute atomic E-state index is 0.0145. The second-order valence-corrected chi connectivity index (χ2v) is 4.88. The lowest BCUT2D eigenvalue weighted by atomic mass is 10.1. The third-order valence-corrected chi connectivity index (χ3v) is 3.35. The van der Waals surface area contributed by atoms with E-state index in [1.165, 1.54) is 37.8 Å². The average molecular weight is 262 g/mol. The minimum atomic E-state index is -0.318. The number of aliphatic hydroxyl groups excluding tert-OH is 1. The van der Waals surface area contributed by atoms with E-state index in [-0.39, 0.29) is 12.4 Å². The fourth-order valence-corrected chi connectivity index (χ4v) is 2.32. The normalized spacial score (nSPS) is 15.1. The van der Waals surface area contributed by atoms with Gasteiger partial charge in [-0.1, -0.05) is 24.7 Å². The number of aliphatic hydroxyl groups is 1. The molecule has 0 radical (unpaired) electrons. The molecule has 1 N–H and O–H groups in total. The summed E-state index contributed by atoms with van der Waals surface area (Å²) >= 11 is 0. The van der Waals surface area contributed by atoms with Gasteiger partial charge in [0.2, 0.25) is 0 Å². The highest BCUT2D eigenvalue weighted by molar-refractivity contribution is 5.46. The highest BCUT2D eigenvalue weighted by atomic mass is 19.1. The molecule has 1 aliphatic rings. The van der Waals surface area contributed by atoms with Crippen molar-refractivity contribution in [1.29, 1.82) is 0 Å². The van der Waals surface area contributed by atoms with Crippen molar-refractivity contribution in [2.24, 2.45) is 5.92 Å². The molecular formula is C16H19FO2. The first-order valence-electron chi connectivity index (χ1n) is 6.81. The molecular weight excluding hydrogens is 243 g/mol. The average Bonchev–Trinajstić information content (AvgIpc) is 2.91. The quantitative estimate of drug-likeness (QED) is 0.845. The zero-order valence-corrected chi connectivity index (χ0v) is 11.0. The van der Waals surface area contributed by atoms with Crippen LogP contribution in [0.25, 0.3) is 0 Å². The van der Waals surface area contributed by atoms with Gasteiger partial charge >= 0.3 is 0 Å². The molecule has 19 heavy (non-hydrogen) atoms. The third kappa shape index (κ3) is 4.25. The van der Waals surface area contributed by atoms with Crippen molar-refractivity contribution in [2.75, 3.05) is 13.2 Å². The number of hydrogen-bond donors (Lipinski definition) is 1. The lowest BCUT2D eigenvalue weighted by Gasteiger charge is -2.12. The Morgan fingerprint density at radius 3 is 2.84 bits per heavy atom. The topological polar surface area (TPSA) is 29.5 Å². The monoisotopic (exact) mass is 262 g/mol. The van der Waals surface area contributed by atoms with E-state index in [9.17, 15) is 4.39 Å². The molecule has 102 valence electrons. The number of halogens is 1. The van der Waals surface area contributed by atoms with E-state index in [4.69, 9.17) is 9.84 Å². The van der Waals surface area contributed by atoms with Crippen molar-refractivity contribution in [1.82, 2.24) is 0 Å². The first kappa shape index (κ1) is 13.9. The van der Waals surface area contributed by atoms with Gasteiger partial charge in [-0.25, -0.2) is 4.39 Å². The lowest BCUT2D eigenvalue weighted by Crippen LogP contribution is -2.08. The standard InChI is InChI=1S/C16H19FO2/c17-15-8-9-16(14(11-15)7-3-4-10-18)19-12-13-5-1-2-6-13/h8-9,11,13,18H,1-2,4-6,10,12H2. The van der Waals surface area contributed by atoms with Crippen LogP contribution in [0.1, 0.15) is 37.7 Å². The van der Waals surface area contributed by atoms with Crippen LogP contribution >= 0.6 is 0 Å². The molecule has 0 bridgehead atoms. The van der Waals surface area contributed by atoms with Crippen molar-refractivity contribution in [3.05, 3.63) is 29.6 Å². The van der Waals surface area contributed by atoms with Crippen LogP contribution in [0.4, 0.5) is 4.39 Å². The van der Waals surface area contributed by atoms with Crippen molar-refractivity contribution in [2.45, 2.75) is 32.1 Å². The molecule has 1 fully saturated rings. The Balaban J connectivity index is 2.03. The van der Waals surface area contributed by atoms with Crippen LogP contribution in [0.3, 0.4) is 0 Å². The van der Waals surface area contributed by atoms with Crippen LogP contribution < -0.4 is 4.74 Å². The summed E-state index contributed by atoms with van der Waals surface area (Å²) < 4.78 is 19.0. The second kappa shape index (κ2) is 7.16. The molecule has 0 aromatic heterocycles. The van der Waals surface area contributed by atoms with Gasteiger partial charge in [0.15, 0.2) is 0 Å². The summed E-state index contributed by atoms with van der Waals surface area (Å²) in [6.07, 6.45) is 5.37. The van der Waals surface area contributed by atoms with Gasteiger partial charge in [0, 0.05) is 6.42 Å². The van der Waals surface area contributed by atoms with Crippen LogP contribution in [-0.4, -0.2) is 18.3 Å². The summed E-state index contributed by atoms with van der Waals surface area (Å²) in [6.45, 7) is 0.695. The highest BCUT2D eigenvalue weighted by Gasteiger charge is 2.16. The lowest BCUT2D eigenvalue weighted by molar-refractivity contribution is 0.251. The van der Waals surface area contributed by atoms with Gasteiger partial charge in [-0.2, -0.15) is 0 Å². The fourth-order valence-electron chi connectivity index (χ4n) is 2.32. The van der Waals surface area contributed by atoms with Crippen LogP contribution in [0.2, 0.25) is 0 Å². The van der Waals surface area contributed by atoms with Crippen molar-refractivity contribution >= 4 is 0 Å². The largest absolute Gasteiger partial charge is 0.492 e. The molecule has 0 saturated heterocycles. The zero-order chi connectivity index (χ0) is 13.5. The number of hydrogen-bond acceptors (Lipinski definition) is 2. The van der Waals surface area contributed by atoms with Gasteiger partial charge in [0.05, 0.1) is 18.8 Å². The van der Waals surface area contributed by atoms with E-state index in [0.717, 1.165) is 0 Å². The number of rotatable bonds is 4. The van der Waals surface area contributed by atoms with Gasteiger partial charge in [0.25, 0.3) is 0 Å². The second-order valence-electron chi connectivity index (χ2n) is 4.88. The maximum absolute atomic E-state index is 13.2. The van der Waals surface area contributed by atoms with E-state index in [1.807, 2.05) is 0 Å². The van der Waals surface area contributed by atoms with E-state index < -0.39 is 0 Å². The number of ether oxygens (including phenoxy) is 1. The summed E-state index contributed by atoms with van der Waals surface area (Å²) in [4.78, 5) is 0. The SMILES string of the molecule is OCCC#Cc1cc(F)ccc1OCC1CCCC1. The van der Waals surface area contributed by atoms with E-state index in [1.54, 1.807) is 6.07 Å². The van der Waals surface area contributed by atoms with Gasteiger partial charge < -0.3 is 9.84 Å². The van der Waals surface area contributed by atoms with Gasteiger partial charge in [0.1, 0.15) is 11.6 Å². The molecule has 1 aromatic rings. The van der Waals surface area contributed by atoms with Crippen molar-refractivity contribution < 1.29 is 14.2 Å². The molecule has 1 aliphatic carbocycles. The molecule has 0 heterocycles. The predicted octanol–water partition coefficient (Wildman–Crippen LogP) is 3.13. The predicted molar refractivity (Wildman–Crippen MR) is 72.4 cm³/mol. The summed E-state index contributed by atoms with van der Waals surface area (Å²) in [6, 6.07) is 4.41. The van der Waals surface area contributed by atoms with Crippen LogP contribution in [0.5, 0.6) is 5.75 Å². The molecule has 0 spiro atoms. The Labute approximate surface area is 113 Å². The Morgan fingerprint density at radius 1 is 1.32 bits per heavy atom. The smallest absolute Gasteiger partial charge is 0.135 e. The molecule has 0 atom stereocenters. The van der Waals surface area contributed by atoms with Crippen LogP contribution in [0, 0.1) is 23.6 Å². The van der Waals surface area contributed by atoms with Crippen molar-refractivity contribution in [3.63, 3.8) is 0 Å². The summed E-state index contributed by atoms with van der Waals surface area (Å²) in [5.74, 6) is 6.59. The molecule has 0 aliphatic heterocycles.